The lowest BCUT2D eigenvalue weighted by Crippen LogP contribution is -2.42. The van der Waals surface area contributed by atoms with Gasteiger partial charge in [0.15, 0.2) is 6.61 Å². The van der Waals surface area contributed by atoms with Gasteiger partial charge in [0.05, 0.1) is 12.7 Å². The Kier molecular flexibility index (Phi) is 8.88. The second kappa shape index (κ2) is 10.9. The molecule has 1 amide bonds. The first kappa shape index (κ1) is 25.1. The molecule has 31 heavy (non-hydrogen) atoms. The molecule has 1 heterocycles. The predicted molar refractivity (Wildman–Crippen MR) is 117 cm³/mol. The van der Waals surface area contributed by atoms with Gasteiger partial charge in [-0.15, -0.1) is 0 Å². The number of hydrogen-bond donors (Lipinski definition) is 1. The van der Waals surface area contributed by atoms with E-state index in [-0.39, 0.29) is 28.0 Å². The van der Waals surface area contributed by atoms with Gasteiger partial charge < -0.3 is 14.8 Å². The van der Waals surface area contributed by atoms with Crippen molar-refractivity contribution in [1.82, 2.24) is 9.62 Å². The number of nitrogens with zero attached hydrogens (tertiary/aromatic N) is 1. The van der Waals surface area contributed by atoms with Crippen molar-refractivity contribution < 1.29 is 27.5 Å². The molecule has 174 valence electrons. The van der Waals surface area contributed by atoms with Gasteiger partial charge in [0, 0.05) is 19.6 Å². The second-order valence-electron chi connectivity index (χ2n) is 8.74. The molecule has 1 aromatic carbocycles. The van der Waals surface area contributed by atoms with Gasteiger partial charge in [-0.05, 0) is 48.8 Å². The molecule has 0 aromatic heterocycles. The Morgan fingerprint density at radius 3 is 2.42 bits per heavy atom. The Morgan fingerprint density at radius 2 is 1.84 bits per heavy atom. The number of nitrogens with one attached hydrogen (secondary N) is 1. The summed E-state index contributed by atoms with van der Waals surface area (Å²) in [7, 11) is -2.47. The van der Waals surface area contributed by atoms with Crippen LogP contribution in [0.2, 0.25) is 0 Å². The molecule has 2 atom stereocenters. The van der Waals surface area contributed by atoms with Crippen molar-refractivity contribution in [3.63, 3.8) is 0 Å². The highest BCUT2D eigenvalue weighted by molar-refractivity contribution is 7.89. The van der Waals surface area contributed by atoms with E-state index in [0.717, 1.165) is 12.8 Å². The highest BCUT2D eigenvalue weighted by Gasteiger charge is 2.34. The first-order valence-electron chi connectivity index (χ1n) is 10.7. The minimum atomic E-state index is -3.86. The van der Waals surface area contributed by atoms with E-state index in [4.69, 9.17) is 9.47 Å². The molecule has 0 bridgehead atoms. The third-order valence-electron chi connectivity index (χ3n) is 5.23. The zero-order valence-electron chi connectivity index (χ0n) is 19.0. The molecule has 2 rings (SSSR count). The van der Waals surface area contributed by atoms with Crippen LogP contribution in [-0.4, -0.2) is 58.0 Å². The van der Waals surface area contributed by atoms with Crippen molar-refractivity contribution in [2.24, 2.45) is 17.8 Å². The van der Waals surface area contributed by atoms with Crippen molar-refractivity contribution in [3.05, 3.63) is 23.8 Å². The van der Waals surface area contributed by atoms with Crippen LogP contribution < -0.4 is 10.1 Å². The first-order chi connectivity index (χ1) is 14.5. The topological polar surface area (TPSA) is 102 Å². The lowest BCUT2D eigenvalue weighted by Gasteiger charge is -2.34. The maximum atomic E-state index is 13.3. The monoisotopic (exact) mass is 454 g/mol. The van der Waals surface area contributed by atoms with Gasteiger partial charge in [-0.3, -0.25) is 4.79 Å². The van der Waals surface area contributed by atoms with Gasteiger partial charge >= 0.3 is 5.97 Å². The van der Waals surface area contributed by atoms with Crippen LogP contribution in [0.15, 0.2) is 23.1 Å². The fourth-order valence-corrected chi connectivity index (χ4v) is 5.57. The van der Waals surface area contributed by atoms with E-state index in [9.17, 15) is 18.0 Å². The van der Waals surface area contributed by atoms with Crippen molar-refractivity contribution in [1.29, 1.82) is 0 Å². The largest absolute Gasteiger partial charge is 0.495 e. The van der Waals surface area contributed by atoms with Gasteiger partial charge in [-0.1, -0.05) is 27.7 Å². The summed E-state index contributed by atoms with van der Waals surface area (Å²) in [4.78, 5) is 24.2. The smallest absolute Gasteiger partial charge is 0.338 e. The number of carbonyl (C=O) groups excluding carboxylic acids is 2. The summed E-state index contributed by atoms with van der Waals surface area (Å²) >= 11 is 0. The molecular formula is C22H34N2O6S. The van der Waals surface area contributed by atoms with Gasteiger partial charge in [-0.25, -0.2) is 13.2 Å². The number of carbonyl (C=O) groups is 2. The van der Waals surface area contributed by atoms with Gasteiger partial charge in [0.2, 0.25) is 10.0 Å². The standard InChI is InChI=1S/C22H34N2O6S/c1-15(2)8-9-23-21(25)14-30-22(26)18-6-7-19(29-5)20(11-18)31(27,28)24-12-16(3)10-17(4)13-24/h6-7,11,15-17H,8-10,12-14H2,1-5H3,(H,23,25). The van der Waals surface area contributed by atoms with E-state index >= 15 is 0 Å². The predicted octanol–water partition coefficient (Wildman–Crippen LogP) is 2.68. The molecule has 1 fully saturated rings. The lowest BCUT2D eigenvalue weighted by molar-refractivity contribution is -0.124. The number of sulfonamides is 1. The second-order valence-corrected chi connectivity index (χ2v) is 10.6. The third-order valence-corrected chi connectivity index (χ3v) is 7.08. The summed E-state index contributed by atoms with van der Waals surface area (Å²) in [5.74, 6) is -0.0638. The summed E-state index contributed by atoms with van der Waals surface area (Å²) < 4.78 is 38.4. The molecule has 1 saturated heterocycles. The Morgan fingerprint density at radius 1 is 1.19 bits per heavy atom. The van der Waals surface area contributed by atoms with Crippen molar-refractivity contribution in [3.8, 4) is 5.75 Å². The van der Waals surface area contributed by atoms with Crippen molar-refractivity contribution in [2.75, 3.05) is 33.4 Å². The molecule has 0 aliphatic carbocycles. The van der Waals surface area contributed by atoms with Crippen LogP contribution in [-0.2, 0) is 19.6 Å². The van der Waals surface area contributed by atoms with E-state index in [1.165, 1.54) is 29.6 Å². The van der Waals surface area contributed by atoms with Crippen LogP contribution in [0.5, 0.6) is 5.75 Å². The Bertz CT molecular complexity index is 874. The minimum Gasteiger partial charge on any atom is -0.495 e. The fourth-order valence-electron chi connectivity index (χ4n) is 3.71. The van der Waals surface area contributed by atoms with Crippen molar-refractivity contribution in [2.45, 2.75) is 45.4 Å². The Hall–Kier alpha value is -2.13. The van der Waals surface area contributed by atoms with Crippen molar-refractivity contribution >= 4 is 21.9 Å². The maximum Gasteiger partial charge on any atom is 0.338 e. The molecule has 1 aliphatic rings. The van der Waals surface area contributed by atoms with E-state index in [1.807, 2.05) is 27.7 Å². The minimum absolute atomic E-state index is 0.0486. The van der Waals surface area contributed by atoms with Crippen LogP contribution in [0.4, 0.5) is 0 Å². The molecular weight excluding hydrogens is 420 g/mol. The molecule has 0 radical (unpaired) electrons. The van der Waals surface area contributed by atoms with E-state index in [2.05, 4.69) is 5.32 Å². The zero-order chi connectivity index (χ0) is 23.2. The van der Waals surface area contributed by atoms with Gasteiger partial charge in [-0.2, -0.15) is 4.31 Å². The van der Waals surface area contributed by atoms with E-state index < -0.39 is 28.5 Å². The van der Waals surface area contributed by atoms with E-state index in [0.29, 0.717) is 25.6 Å². The first-order valence-corrected chi connectivity index (χ1v) is 12.1. The molecule has 0 saturated carbocycles. The van der Waals surface area contributed by atoms with E-state index in [1.54, 1.807) is 0 Å². The number of esters is 1. The number of ether oxygens (including phenoxy) is 2. The quantitative estimate of drug-likeness (QED) is 0.576. The Labute approximate surface area is 185 Å². The SMILES string of the molecule is COc1ccc(C(=O)OCC(=O)NCCC(C)C)cc1S(=O)(=O)N1CC(C)CC(C)C1. The number of hydrogen-bond acceptors (Lipinski definition) is 6. The summed E-state index contributed by atoms with van der Waals surface area (Å²) in [6, 6.07) is 4.12. The number of piperidine rings is 1. The molecule has 9 heteroatoms. The lowest BCUT2D eigenvalue weighted by atomic mass is 9.94. The summed E-state index contributed by atoms with van der Waals surface area (Å²) in [5.41, 5.74) is 0.0486. The fraction of sp³-hybridized carbons (Fsp3) is 0.636. The molecule has 8 nitrogen and oxygen atoms in total. The van der Waals surface area contributed by atoms with Gasteiger partial charge in [0.1, 0.15) is 10.6 Å². The third kappa shape index (κ3) is 6.93. The number of methoxy groups -OCH3 is 1. The van der Waals surface area contributed by atoms with Crippen LogP contribution in [0.1, 0.15) is 50.9 Å². The molecule has 2 unspecified atom stereocenters. The average Bonchev–Trinajstić information content (AvgIpc) is 2.70. The summed E-state index contributed by atoms with van der Waals surface area (Å²) in [6.45, 7) is 9.06. The summed E-state index contributed by atoms with van der Waals surface area (Å²) in [6.07, 6.45) is 1.79. The average molecular weight is 455 g/mol. The summed E-state index contributed by atoms with van der Waals surface area (Å²) in [5, 5.41) is 2.69. The van der Waals surface area contributed by atoms with Crippen LogP contribution in [0.3, 0.4) is 0 Å². The van der Waals surface area contributed by atoms with Crippen LogP contribution >= 0.6 is 0 Å². The zero-order valence-corrected chi connectivity index (χ0v) is 19.8. The van der Waals surface area contributed by atoms with Crippen LogP contribution in [0.25, 0.3) is 0 Å². The molecule has 1 N–H and O–H groups in total. The van der Waals surface area contributed by atoms with Gasteiger partial charge in [0.25, 0.3) is 5.91 Å². The molecule has 1 aromatic rings. The Balaban J connectivity index is 2.14. The highest BCUT2D eigenvalue weighted by atomic mass is 32.2. The number of amides is 1. The normalized spacial score (nSPS) is 19.8. The maximum absolute atomic E-state index is 13.3. The molecule has 0 spiro atoms. The number of benzene rings is 1. The van der Waals surface area contributed by atoms with Crippen LogP contribution in [0, 0.1) is 17.8 Å². The molecule has 1 aliphatic heterocycles. The number of rotatable bonds is 9. The highest BCUT2D eigenvalue weighted by Crippen LogP contribution is 2.32.